The molecule has 5 rings (SSSR count). The second-order valence-corrected chi connectivity index (χ2v) is 13.5. The Morgan fingerprint density at radius 2 is 1.69 bits per heavy atom. The van der Waals surface area contributed by atoms with Crippen LogP contribution in [0.3, 0.4) is 0 Å². The summed E-state index contributed by atoms with van der Waals surface area (Å²) in [6.07, 6.45) is 6.58. The Balaban J connectivity index is 1.32. The molecule has 0 fully saturated rings. The number of amides is 3. The summed E-state index contributed by atoms with van der Waals surface area (Å²) < 4.78 is 19.6. The first-order valence-corrected chi connectivity index (χ1v) is 17.4. The molecule has 1 aliphatic rings. The normalized spacial score (nSPS) is 13.4. The topological polar surface area (TPSA) is 114 Å². The summed E-state index contributed by atoms with van der Waals surface area (Å²) >= 11 is 2.78. The first kappa shape index (κ1) is 34.6. The summed E-state index contributed by atoms with van der Waals surface area (Å²) in [5.41, 5.74) is 2.18. The number of esters is 1. The van der Waals surface area contributed by atoms with Crippen molar-refractivity contribution in [3.8, 4) is 0 Å². The van der Waals surface area contributed by atoms with Gasteiger partial charge in [-0.1, -0.05) is 55.8 Å². The van der Waals surface area contributed by atoms with Gasteiger partial charge in [-0.15, -0.1) is 23.1 Å². The lowest BCUT2D eigenvalue weighted by molar-refractivity contribution is -0.116. The van der Waals surface area contributed by atoms with Gasteiger partial charge >= 0.3 is 5.97 Å². The molecule has 11 heteroatoms. The first-order valence-electron chi connectivity index (χ1n) is 15.7. The van der Waals surface area contributed by atoms with Crippen LogP contribution in [-0.2, 0) is 27.2 Å². The van der Waals surface area contributed by atoms with Crippen LogP contribution in [0.2, 0.25) is 0 Å². The van der Waals surface area contributed by atoms with Gasteiger partial charge in [0.15, 0.2) is 0 Å². The van der Waals surface area contributed by atoms with Gasteiger partial charge in [0.25, 0.3) is 11.8 Å². The summed E-state index contributed by atoms with van der Waals surface area (Å²) in [6, 6.07) is 21.3. The fourth-order valence-corrected chi connectivity index (χ4v) is 7.66. The lowest BCUT2D eigenvalue weighted by atomic mass is 10.1. The van der Waals surface area contributed by atoms with Crippen LogP contribution in [-0.4, -0.2) is 36.1 Å². The minimum Gasteiger partial charge on any atom is -0.465 e. The van der Waals surface area contributed by atoms with Crippen molar-refractivity contribution in [2.24, 2.45) is 0 Å². The molecular formula is C37H36FN3O5S2. The van der Waals surface area contributed by atoms with Gasteiger partial charge in [0.2, 0.25) is 5.91 Å². The van der Waals surface area contributed by atoms with Crippen LogP contribution in [0, 0.1) is 5.82 Å². The van der Waals surface area contributed by atoms with E-state index in [9.17, 15) is 23.6 Å². The zero-order valence-electron chi connectivity index (χ0n) is 26.6. The molecule has 48 heavy (non-hydrogen) atoms. The second kappa shape index (κ2) is 16.4. The average Bonchev–Trinajstić information content (AvgIpc) is 3.26. The molecule has 0 spiro atoms. The smallest absolute Gasteiger partial charge is 0.341 e. The highest BCUT2D eigenvalue weighted by Crippen LogP contribution is 2.39. The highest BCUT2D eigenvalue weighted by Gasteiger charge is 2.28. The lowest BCUT2D eigenvalue weighted by Crippen LogP contribution is -2.30. The van der Waals surface area contributed by atoms with Gasteiger partial charge in [-0.2, -0.15) is 0 Å². The van der Waals surface area contributed by atoms with Crippen LogP contribution in [0.1, 0.15) is 69.3 Å². The van der Waals surface area contributed by atoms with Gasteiger partial charge in [-0.3, -0.25) is 14.4 Å². The minimum absolute atomic E-state index is 0.134. The van der Waals surface area contributed by atoms with Crippen molar-refractivity contribution >= 4 is 63.6 Å². The number of ether oxygens (including phenoxy) is 1. The number of rotatable bonds is 11. The highest BCUT2D eigenvalue weighted by molar-refractivity contribution is 8.00. The predicted octanol–water partition coefficient (Wildman–Crippen LogP) is 7.86. The molecule has 3 aromatic carbocycles. The molecule has 1 aromatic heterocycles. The van der Waals surface area contributed by atoms with Gasteiger partial charge in [-0.25, -0.2) is 9.18 Å². The zero-order valence-corrected chi connectivity index (χ0v) is 28.3. The van der Waals surface area contributed by atoms with Crippen molar-refractivity contribution < 1.29 is 28.3 Å². The Kier molecular flexibility index (Phi) is 11.8. The molecular weight excluding hydrogens is 650 g/mol. The summed E-state index contributed by atoms with van der Waals surface area (Å²) in [6.45, 7) is 1.91. The Labute approximate surface area is 287 Å². The van der Waals surface area contributed by atoms with Crippen molar-refractivity contribution in [1.29, 1.82) is 0 Å². The summed E-state index contributed by atoms with van der Waals surface area (Å²) in [7, 11) is 1.35. The number of fused-ring (bicyclic) bond motifs is 1. The molecule has 1 unspecified atom stereocenters. The fourth-order valence-electron chi connectivity index (χ4n) is 5.36. The van der Waals surface area contributed by atoms with Gasteiger partial charge in [-0.05, 0) is 80.1 Å². The number of anilines is 2. The number of hydrogen-bond acceptors (Lipinski definition) is 7. The molecule has 1 aliphatic carbocycles. The number of thioether (sulfide) groups is 1. The van der Waals surface area contributed by atoms with E-state index in [1.165, 1.54) is 54.5 Å². The summed E-state index contributed by atoms with van der Waals surface area (Å²) in [5, 5.41) is 8.43. The van der Waals surface area contributed by atoms with Crippen molar-refractivity contribution in [2.75, 3.05) is 17.7 Å². The molecule has 8 nitrogen and oxygen atoms in total. The molecule has 1 heterocycles. The van der Waals surface area contributed by atoms with Crippen molar-refractivity contribution in [1.82, 2.24) is 5.32 Å². The molecule has 0 aliphatic heterocycles. The van der Waals surface area contributed by atoms with Gasteiger partial charge < -0.3 is 20.7 Å². The van der Waals surface area contributed by atoms with Crippen LogP contribution < -0.4 is 16.0 Å². The Hall–Kier alpha value is -4.74. The van der Waals surface area contributed by atoms with Crippen LogP contribution in [0.15, 0.2) is 89.5 Å². The maximum Gasteiger partial charge on any atom is 0.341 e. The highest BCUT2D eigenvalue weighted by atomic mass is 32.2. The quantitative estimate of drug-likeness (QED) is 0.0641. The Morgan fingerprint density at radius 1 is 0.938 bits per heavy atom. The van der Waals surface area contributed by atoms with Gasteiger partial charge in [0.1, 0.15) is 16.5 Å². The Bertz CT molecular complexity index is 1840. The van der Waals surface area contributed by atoms with E-state index in [4.69, 9.17) is 4.74 Å². The molecule has 3 N–H and O–H groups in total. The van der Waals surface area contributed by atoms with E-state index in [1.807, 2.05) is 13.0 Å². The number of thiophene rings is 1. The Morgan fingerprint density at radius 3 is 2.44 bits per heavy atom. The molecule has 0 saturated carbocycles. The van der Waals surface area contributed by atoms with Gasteiger partial charge in [0, 0.05) is 26.6 Å². The molecule has 0 saturated heterocycles. The van der Waals surface area contributed by atoms with Crippen molar-refractivity contribution in [2.45, 2.75) is 55.6 Å². The van der Waals surface area contributed by atoms with E-state index in [-0.39, 0.29) is 17.2 Å². The van der Waals surface area contributed by atoms with Gasteiger partial charge in [0.05, 0.1) is 17.9 Å². The number of aryl methyl sites for hydroxylation is 1. The fraction of sp³-hybridized carbons (Fsp3) is 0.243. The molecule has 248 valence electrons. The average molecular weight is 686 g/mol. The zero-order chi connectivity index (χ0) is 34.0. The number of carbonyl (C=O) groups is 4. The maximum atomic E-state index is 14.5. The largest absolute Gasteiger partial charge is 0.465 e. The van der Waals surface area contributed by atoms with Crippen LogP contribution in [0.5, 0.6) is 0 Å². The van der Waals surface area contributed by atoms with E-state index in [1.54, 1.807) is 54.6 Å². The standard InChI is InChI=1S/C37H36FN3O5S2/c1-3-30(35(44)41-36-32(37(45)46-2)27-18-8-5-9-20-31(27)48-36)47-26-17-12-16-25(22-26)39-34(43)29(21-24-15-10-11-19-28(24)38)40-33(42)23-13-6-4-7-14-23/h4,6-7,10-17,19,21-22,30H,3,5,8-9,18,20H2,1-2H3,(H,39,43)(H,40,42)(H,41,44)/b29-21-. The number of methoxy groups -OCH3 is 1. The molecule has 3 amide bonds. The van der Waals surface area contributed by atoms with Crippen molar-refractivity contribution in [3.05, 3.63) is 118 Å². The van der Waals surface area contributed by atoms with E-state index < -0.39 is 28.9 Å². The van der Waals surface area contributed by atoms with E-state index in [2.05, 4.69) is 16.0 Å². The van der Waals surface area contributed by atoms with E-state index >= 15 is 0 Å². The SMILES string of the molecule is CCC(Sc1cccc(NC(=O)/C(=C/c2ccccc2F)NC(=O)c2ccccc2)c1)C(=O)Nc1sc2c(c1C(=O)OC)CCCCC2. The number of hydrogen-bond donors (Lipinski definition) is 3. The van der Waals surface area contributed by atoms with Crippen molar-refractivity contribution in [3.63, 3.8) is 0 Å². The third-order valence-corrected chi connectivity index (χ3v) is 10.4. The van der Waals surface area contributed by atoms with E-state index in [0.717, 1.165) is 47.4 Å². The second-order valence-electron chi connectivity index (χ2n) is 11.1. The number of nitrogens with one attached hydrogen (secondary N) is 3. The number of carbonyl (C=O) groups excluding carboxylic acids is 4. The number of halogens is 1. The maximum absolute atomic E-state index is 14.5. The summed E-state index contributed by atoms with van der Waals surface area (Å²) in [5.74, 6) is -2.40. The minimum atomic E-state index is -0.651. The first-order chi connectivity index (χ1) is 23.3. The third kappa shape index (κ3) is 8.59. The van der Waals surface area contributed by atoms with Crippen LogP contribution in [0.25, 0.3) is 6.08 Å². The van der Waals surface area contributed by atoms with Crippen LogP contribution >= 0.6 is 23.1 Å². The van der Waals surface area contributed by atoms with Crippen LogP contribution in [0.4, 0.5) is 15.1 Å². The number of benzene rings is 3. The molecule has 4 aromatic rings. The van der Waals surface area contributed by atoms with E-state index in [0.29, 0.717) is 28.2 Å². The molecule has 0 bridgehead atoms. The monoisotopic (exact) mass is 685 g/mol. The predicted molar refractivity (Wildman–Crippen MR) is 189 cm³/mol. The lowest BCUT2D eigenvalue weighted by Gasteiger charge is -2.16. The molecule has 1 atom stereocenters. The summed E-state index contributed by atoms with van der Waals surface area (Å²) in [4.78, 5) is 54.6. The third-order valence-electron chi connectivity index (χ3n) is 7.81. The molecule has 0 radical (unpaired) electrons.